The van der Waals surface area contributed by atoms with Crippen molar-refractivity contribution in [1.82, 2.24) is 0 Å². The van der Waals surface area contributed by atoms with Crippen molar-refractivity contribution in [1.29, 1.82) is 0 Å². The molecule has 0 heterocycles. The maximum absolute atomic E-state index is 13.2. The Morgan fingerprint density at radius 2 is 1.68 bits per heavy atom. The van der Waals surface area contributed by atoms with Crippen LogP contribution in [0.4, 0.5) is 24.5 Å². The molecule has 1 amide bonds. The van der Waals surface area contributed by atoms with E-state index in [1.165, 1.54) is 0 Å². The number of anilines is 2. The number of carbonyl (C=O) groups is 2. The molecular formula is C22H25F3N2O4. The number of benzene rings is 2. The fourth-order valence-electron chi connectivity index (χ4n) is 3.06. The van der Waals surface area contributed by atoms with Crippen molar-refractivity contribution in [2.24, 2.45) is 0 Å². The number of ether oxygens (including phenoxy) is 1. The number of rotatable bonds is 9. The van der Waals surface area contributed by atoms with E-state index in [1.807, 2.05) is 6.92 Å². The van der Waals surface area contributed by atoms with Gasteiger partial charge in [-0.15, -0.1) is 0 Å². The number of halogens is 3. The molecule has 9 heteroatoms. The standard InChI is InChI=1S/C22H25F3N2O4/c1-4-5-26-17-9-15(8-16(10-17)22(23,24)25)12-31-21-13(2)6-18(7-14(21)3)27-19(28)11-20(29)30/h6-10,26H,4-5,11-12H2,1-3H3,(H,27,28)(H,29,30). The average Bonchev–Trinajstić information content (AvgIpc) is 2.64. The van der Waals surface area contributed by atoms with Crippen LogP contribution in [0.15, 0.2) is 30.3 Å². The van der Waals surface area contributed by atoms with Crippen LogP contribution in [-0.2, 0) is 22.4 Å². The van der Waals surface area contributed by atoms with Crippen LogP contribution in [-0.4, -0.2) is 23.5 Å². The summed E-state index contributed by atoms with van der Waals surface area (Å²) >= 11 is 0. The zero-order valence-electron chi connectivity index (χ0n) is 17.5. The maximum atomic E-state index is 13.2. The number of nitrogens with one attached hydrogen (secondary N) is 2. The van der Waals surface area contributed by atoms with Crippen LogP contribution in [0.3, 0.4) is 0 Å². The zero-order chi connectivity index (χ0) is 23.2. The Balaban J connectivity index is 2.20. The van der Waals surface area contributed by atoms with Crippen LogP contribution in [0.1, 0.15) is 42.0 Å². The van der Waals surface area contributed by atoms with E-state index in [0.717, 1.165) is 18.6 Å². The summed E-state index contributed by atoms with van der Waals surface area (Å²) < 4.78 is 45.6. The summed E-state index contributed by atoms with van der Waals surface area (Å²) in [6.45, 7) is 5.86. The monoisotopic (exact) mass is 438 g/mol. The van der Waals surface area contributed by atoms with E-state index in [0.29, 0.717) is 40.4 Å². The first-order chi connectivity index (χ1) is 14.5. The number of hydrogen-bond acceptors (Lipinski definition) is 4. The van der Waals surface area contributed by atoms with Gasteiger partial charge in [-0.25, -0.2) is 0 Å². The van der Waals surface area contributed by atoms with Crippen molar-refractivity contribution < 1.29 is 32.6 Å². The van der Waals surface area contributed by atoms with Gasteiger partial charge in [0.1, 0.15) is 18.8 Å². The Labute approximate surface area is 178 Å². The molecule has 0 aliphatic carbocycles. The van der Waals surface area contributed by atoms with Crippen LogP contribution in [0.5, 0.6) is 5.75 Å². The highest BCUT2D eigenvalue weighted by atomic mass is 19.4. The first-order valence-electron chi connectivity index (χ1n) is 9.70. The number of hydrogen-bond donors (Lipinski definition) is 3. The Hall–Kier alpha value is -3.23. The van der Waals surface area contributed by atoms with Gasteiger partial charge < -0.3 is 20.5 Å². The van der Waals surface area contributed by atoms with E-state index in [9.17, 15) is 22.8 Å². The van der Waals surface area contributed by atoms with Gasteiger partial charge in [-0.2, -0.15) is 13.2 Å². The van der Waals surface area contributed by atoms with Crippen LogP contribution in [0.2, 0.25) is 0 Å². The van der Waals surface area contributed by atoms with Crippen molar-refractivity contribution in [2.45, 2.75) is 46.4 Å². The third-order valence-electron chi connectivity index (χ3n) is 4.34. The van der Waals surface area contributed by atoms with Gasteiger partial charge in [0, 0.05) is 17.9 Å². The third kappa shape index (κ3) is 7.20. The van der Waals surface area contributed by atoms with Gasteiger partial charge >= 0.3 is 12.1 Å². The molecule has 0 aromatic heterocycles. The second-order valence-corrected chi connectivity index (χ2v) is 7.19. The van der Waals surface area contributed by atoms with Crippen molar-refractivity contribution in [3.8, 4) is 5.75 Å². The fourth-order valence-corrected chi connectivity index (χ4v) is 3.06. The van der Waals surface area contributed by atoms with Crippen LogP contribution >= 0.6 is 0 Å². The van der Waals surface area contributed by atoms with Gasteiger partial charge in [-0.3, -0.25) is 9.59 Å². The number of aliphatic carboxylic acids is 1. The molecule has 2 aromatic rings. The number of carboxylic acid groups (broad SMARTS) is 1. The van der Waals surface area contributed by atoms with Crippen LogP contribution in [0, 0.1) is 13.8 Å². The second-order valence-electron chi connectivity index (χ2n) is 7.19. The third-order valence-corrected chi connectivity index (χ3v) is 4.34. The molecule has 2 rings (SSSR count). The second kappa shape index (κ2) is 10.2. The topological polar surface area (TPSA) is 87.7 Å². The van der Waals surface area contributed by atoms with Crippen LogP contribution in [0.25, 0.3) is 0 Å². The van der Waals surface area contributed by atoms with Gasteiger partial charge in [-0.1, -0.05) is 6.92 Å². The number of aryl methyl sites for hydroxylation is 2. The van der Waals surface area contributed by atoms with Gasteiger partial charge in [0.05, 0.1) is 5.56 Å². The summed E-state index contributed by atoms with van der Waals surface area (Å²) in [5.41, 5.74) is 1.71. The van der Waals surface area contributed by atoms with E-state index in [-0.39, 0.29) is 6.61 Å². The molecule has 0 atom stereocenters. The smallest absolute Gasteiger partial charge is 0.416 e. The molecule has 0 unspecified atom stereocenters. The molecule has 0 bridgehead atoms. The minimum Gasteiger partial charge on any atom is -0.488 e. The summed E-state index contributed by atoms with van der Waals surface area (Å²) in [4.78, 5) is 22.3. The van der Waals surface area contributed by atoms with Gasteiger partial charge in [0.25, 0.3) is 0 Å². The highest BCUT2D eigenvalue weighted by molar-refractivity contribution is 6.01. The highest BCUT2D eigenvalue weighted by Gasteiger charge is 2.31. The fraction of sp³-hybridized carbons (Fsp3) is 0.364. The number of amides is 1. The summed E-state index contributed by atoms with van der Waals surface area (Å²) in [5.74, 6) is -1.41. The Morgan fingerprint density at radius 3 is 2.23 bits per heavy atom. The molecule has 0 fully saturated rings. The lowest BCUT2D eigenvalue weighted by Gasteiger charge is -2.17. The van der Waals surface area contributed by atoms with E-state index < -0.39 is 30.0 Å². The predicted molar refractivity (Wildman–Crippen MR) is 111 cm³/mol. The molecule has 6 nitrogen and oxygen atoms in total. The van der Waals surface area contributed by atoms with Crippen LogP contribution < -0.4 is 15.4 Å². The van der Waals surface area contributed by atoms with Crippen molar-refractivity contribution >= 4 is 23.3 Å². The summed E-state index contributed by atoms with van der Waals surface area (Å²) in [6, 6.07) is 6.98. The van der Waals surface area contributed by atoms with E-state index >= 15 is 0 Å². The van der Waals surface area contributed by atoms with E-state index in [1.54, 1.807) is 32.0 Å². The lowest BCUT2D eigenvalue weighted by molar-refractivity contribution is -0.140. The minimum atomic E-state index is -4.47. The normalized spacial score (nSPS) is 11.2. The molecule has 0 aliphatic rings. The molecule has 0 radical (unpaired) electrons. The molecule has 0 aliphatic heterocycles. The summed E-state index contributed by atoms with van der Waals surface area (Å²) in [5, 5.41) is 14.1. The Kier molecular flexibility index (Phi) is 7.90. The largest absolute Gasteiger partial charge is 0.488 e. The zero-order valence-corrected chi connectivity index (χ0v) is 17.5. The SMILES string of the molecule is CCCNc1cc(COc2c(C)cc(NC(=O)CC(=O)O)cc2C)cc(C(F)(F)F)c1. The molecular weight excluding hydrogens is 413 g/mol. The first kappa shape index (κ1) is 24.0. The van der Waals surface area contributed by atoms with Gasteiger partial charge in [0.2, 0.25) is 5.91 Å². The Bertz CT molecular complexity index is 935. The highest BCUT2D eigenvalue weighted by Crippen LogP contribution is 2.33. The molecule has 3 N–H and O–H groups in total. The lowest BCUT2D eigenvalue weighted by Crippen LogP contribution is -2.16. The predicted octanol–water partition coefficient (Wildman–Crippen LogP) is 5.14. The summed E-state index contributed by atoms with van der Waals surface area (Å²) in [6.07, 6.45) is -4.35. The number of alkyl halides is 3. The molecule has 168 valence electrons. The molecule has 0 saturated heterocycles. The number of carboxylic acids is 1. The van der Waals surface area contributed by atoms with Crippen molar-refractivity contribution in [3.63, 3.8) is 0 Å². The lowest BCUT2D eigenvalue weighted by atomic mass is 10.1. The van der Waals surface area contributed by atoms with E-state index in [2.05, 4.69) is 10.6 Å². The molecule has 2 aromatic carbocycles. The molecule has 0 saturated carbocycles. The van der Waals surface area contributed by atoms with Gasteiger partial charge in [0.15, 0.2) is 0 Å². The minimum absolute atomic E-state index is 0.0723. The Morgan fingerprint density at radius 1 is 1.03 bits per heavy atom. The van der Waals surface area contributed by atoms with E-state index in [4.69, 9.17) is 9.84 Å². The van der Waals surface area contributed by atoms with Crippen molar-refractivity contribution in [2.75, 3.05) is 17.2 Å². The first-order valence-corrected chi connectivity index (χ1v) is 9.70. The molecule has 0 spiro atoms. The average molecular weight is 438 g/mol. The van der Waals surface area contributed by atoms with Gasteiger partial charge in [-0.05, 0) is 67.3 Å². The summed E-state index contributed by atoms with van der Waals surface area (Å²) in [7, 11) is 0. The molecule has 31 heavy (non-hydrogen) atoms. The maximum Gasteiger partial charge on any atom is 0.416 e. The van der Waals surface area contributed by atoms with Crippen molar-refractivity contribution in [3.05, 3.63) is 52.6 Å². The number of carbonyl (C=O) groups excluding carboxylic acids is 1. The quantitative estimate of drug-likeness (QED) is 0.472.